The molecule has 3 heterocycles. The first-order chi connectivity index (χ1) is 8.74. The van der Waals surface area contributed by atoms with Gasteiger partial charge < -0.3 is 4.90 Å². The first-order valence-corrected chi connectivity index (χ1v) is 7.98. The molecule has 0 aromatic carbocycles. The molecule has 3 nitrogen and oxygen atoms in total. The van der Waals surface area contributed by atoms with E-state index in [-0.39, 0.29) is 0 Å². The number of aromatic nitrogens is 1. The Labute approximate surface area is 118 Å². The largest absolute Gasteiger partial charge is 0.302 e. The van der Waals surface area contributed by atoms with E-state index in [4.69, 9.17) is 11.6 Å². The number of rotatable bonds is 3. The predicted octanol–water partition coefficient (Wildman–Crippen LogP) is 2.86. The lowest BCUT2D eigenvalue weighted by Gasteiger charge is -2.32. The molecule has 5 heteroatoms. The Balaban J connectivity index is 1.67. The molecule has 2 atom stereocenters. The van der Waals surface area contributed by atoms with Gasteiger partial charge in [0, 0.05) is 29.7 Å². The van der Waals surface area contributed by atoms with E-state index in [2.05, 4.69) is 21.8 Å². The van der Waals surface area contributed by atoms with Crippen molar-refractivity contribution in [2.24, 2.45) is 0 Å². The van der Waals surface area contributed by atoms with Crippen molar-refractivity contribution < 1.29 is 0 Å². The average molecular weight is 286 g/mol. The average Bonchev–Trinajstić information content (AvgIpc) is 3.02. The van der Waals surface area contributed by atoms with Crippen LogP contribution in [-0.4, -0.2) is 47.0 Å². The fraction of sp³-hybridized carbons (Fsp3) is 0.769. The normalized spacial score (nSPS) is 30.3. The van der Waals surface area contributed by atoms with E-state index >= 15 is 0 Å². The summed E-state index contributed by atoms with van der Waals surface area (Å²) in [6.45, 7) is 3.52. The Hall–Kier alpha value is -0.160. The van der Waals surface area contributed by atoms with Crippen molar-refractivity contribution in [3.8, 4) is 0 Å². The van der Waals surface area contributed by atoms with Gasteiger partial charge in [0.25, 0.3) is 0 Å². The van der Waals surface area contributed by atoms with Crippen molar-refractivity contribution in [2.45, 2.75) is 44.3 Å². The molecule has 2 fully saturated rings. The zero-order chi connectivity index (χ0) is 12.5. The maximum Gasteiger partial charge on any atom is 0.183 e. The first kappa shape index (κ1) is 12.9. The lowest BCUT2D eigenvalue weighted by atomic mass is 10.0. The summed E-state index contributed by atoms with van der Waals surface area (Å²) in [6, 6.07) is 1.49. The standard InChI is InChI=1S/C13H20ClN3S/c1-16-6-2-4-11(16)12-5-3-7-17(12)9-10-8-15-13(14)18-10/h8,11-12H,2-7,9H2,1H3/t11-,12+/m1/s1. The third-order valence-corrected chi connectivity index (χ3v) is 5.42. The van der Waals surface area contributed by atoms with E-state index in [0.717, 1.165) is 18.6 Å². The highest BCUT2D eigenvalue weighted by molar-refractivity contribution is 7.15. The van der Waals surface area contributed by atoms with Crippen LogP contribution >= 0.6 is 22.9 Å². The van der Waals surface area contributed by atoms with Crippen LogP contribution in [0, 0.1) is 0 Å². The quantitative estimate of drug-likeness (QED) is 0.851. The minimum absolute atomic E-state index is 0.665. The van der Waals surface area contributed by atoms with Gasteiger partial charge in [-0.1, -0.05) is 11.6 Å². The lowest BCUT2D eigenvalue weighted by molar-refractivity contribution is 0.148. The number of halogens is 1. The molecule has 2 saturated heterocycles. The minimum atomic E-state index is 0.665. The molecular weight excluding hydrogens is 266 g/mol. The van der Waals surface area contributed by atoms with E-state index < -0.39 is 0 Å². The first-order valence-electron chi connectivity index (χ1n) is 6.78. The summed E-state index contributed by atoms with van der Waals surface area (Å²) < 4.78 is 0.665. The molecule has 0 N–H and O–H groups in total. The fourth-order valence-corrected chi connectivity index (χ4v) is 4.47. The summed E-state index contributed by atoms with van der Waals surface area (Å²) in [4.78, 5) is 10.6. The van der Waals surface area contributed by atoms with Gasteiger partial charge in [0.15, 0.2) is 4.47 Å². The molecule has 0 spiro atoms. The summed E-state index contributed by atoms with van der Waals surface area (Å²) in [5.41, 5.74) is 0. The SMILES string of the molecule is CN1CCC[C@@H]1[C@@H]1CCCN1Cc1cnc(Cl)s1. The third-order valence-electron chi connectivity index (χ3n) is 4.32. The summed E-state index contributed by atoms with van der Waals surface area (Å²) in [6.07, 6.45) is 7.34. The molecule has 3 rings (SSSR count). The Morgan fingerprint density at radius 2 is 2.11 bits per heavy atom. The van der Waals surface area contributed by atoms with Gasteiger partial charge in [-0.25, -0.2) is 4.98 Å². The number of thiazole rings is 1. The topological polar surface area (TPSA) is 19.4 Å². The Morgan fingerprint density at radius 3 is 2.78 bits per heavy atom. The van der Waals surface area contributed by atoms with Crippen molar-refractivity contribution in [1.82, 2.24) is 14.8 Å². The van der Waals surface area contributed by atoms with Gasteiger partial charge in [0.2, 0.25) is 0 Å². The molecule has 1 aromatic rings. The molecule has 0 saturated carbocycles. The molecule has 2 aliphatic rings. The van der Waals surface area contributed by atoms with Gasteiger partial charge in [-0.15, -0.1) is 11.3 Å². The second-order valence-corrected chi connectivity index (χ2v) is 7.15. The van der Waals surface area contributed by atoms with Crippen LogP contribution in [0.1, 0.15) is 30.6 Å². The maximum absolute atomic E-state index is 5.91. The van der Waals surface area contributed by atoms with Crippen LogP contribution in [0.25, 0.3) is 0 Å². The van der Waals surface area contributed by atoms with Crippen molar-refractivity contribution in [3.63, 3.8) is 0 Å². The number of hydrogen-bond donors (Lipinski definition) is 0. The third kappa shape index (κ3) is 2.57. The zero-order valence-corrected chi connectivity index (χ0v) is 12.4. The van der Waals surface area contributed by atoms with E-state index in [1.54, 1.807) is 11.3 Å². The van der Waals surface area contributed by atoms with Crippen molar-refractivity contribution >= 4 is 22.9 Å². The van der Waals surface area contributed by atoms with Gasteiger partial charge >= 0.3 is 0 Å². The van der Waals surface area contributed by atoms with Crippen molar-refractivity contribution in [2.75, 3.05) is 20.1 Å². The van der Waals surface area contributed by atoms with Crippen LogP contribution < -0.4 is 0 Å². The zero-order valence-electron chi connectivity index (χ0n) is 10.8. The molecule has 0 amide bonds. The van der Waals surface area contributed by atoms with Crippen LogP contribution in [-0.2, 0) is 6.54 Å². The monoisotopic (exact) mass is 285 g/mol. The predicted molar refractivity (Wildman–Crippen MR) is 76.2 cm³/mol. The van der Waals surface area contributed by atoms with Crippen molar-refractivity contribution in [3.05, 3.63) is 15.5 Å². The van der Waals surface area contributed by atoms with Crippen LogP contribution in [0.4, 0.5) is 0 Å². The van der Waals surface area contributed by atoms with Crippen LogP contribution in [0.5, 0.6) is 0 Å². The Kier molecular flexibility index (Phi) is 3.89. The summed E-state index contributed by atoms with van der Waals surface area (Å²) in [7, 11) is 2.28. The fourth-order valence-electron chi connectivity index (χ4n) is 3.46. The molecule has 0 aliphatic carbocycles. The number of likely N-dealkylation sites (tertiary alicyclic amines) is 2. The molecule has 0 radical (unpaired) electrons. The maximum atomic E-state index is 5.91. The lowest BCUT2D eigenvalue weighted by Crippen LogP contribution is -2.44. The molecule has 100 valence electrons. The molecule has 1 aromatic heterocycles. The molecule has 0 unspecified atom stereocenters. The molecule has 0 bridgehead atoms. The second kappa shape index (κ2) is 5.45. The number of nitrogens with zero attached hydrogens (tertiary/aromatic N) is 3. The van der Waals surface area contributed by atoms with Crippen molar-refractivity contribution in [1.29, 1.82) is 0 Å². The van der Waals surface area contributed by atoms with Crippen LogP contribution in [0.2, 0.25) is 4.47 Å². The number of hydrogen-bond acceptors (Lipinski definition) is 4. The molecule has 18 heavy (non-hydrogen) atoms. The van der Waals surface area contributed by atoms with E-state index in [0.29, 0.717) is 4.47 Å². The Morgan fingerprint density at radius 1 is 1.33 bits per heavy atom. The summed E-state index contributed by atoms with van der Waals surface area (Å²) >= 11 is 7.53. The van der Waals surface area contributed by atoms with E-state index in [9.17, 15) is 0 Å². The second-order valence-electron chi connectivity index (χ2n) is 5.45. The van der Waals surface area contributed by atoms with Gasteiger partial charge in [-0.05, 0) is 45.8 Å². The minimum Gasteiger partial charge on any atom is -0.302 e. The van der Waals surface area contributed by atoms with Gasteiger partial charge in [-0.2, -0.15) is 0 Å². The highest BCUT2D eigenvalue weighted by Crippen LogP contribution is 2.31. The number of likely N-dealkylation sites (N-methyl/N-ethyl adjacent to an activating group) is 1. The summed E-state index contributed by atoms with van der Waals surface area (Å²) in [5.74, 6) is 0. The highest BCUT2D eigenvalue weighted by Gasteiger charge is 2.36. The van der Waals surface area contributed by atoms with Gasteiger partial charge in [0.1, 0.15) is 0 Å². The molecule has 2 aliphatic heterocycles. The van der Waals surface area contributed by atoms with E-state index in [1.807, 2.05) is 6.20 Å². The highest BCUT2D eigenvalue weighted by atomic mass is 35.5. The molecular formula is C13H20ClN3S. The van der Waals surface area contributed by atoms with Gasteiger partial charge in [0.05, 0.1) is 0 Å². The van der Waals surface area contributed by atoms with Gasteiger partial charge in [-0.3, -0.25) is 4.90 Å². The van der Waals surface area contributed by atoms with E-state index in [1.165, 1.54) is 43.6 Å². The van der Waals surface area contributed by atoms with Crippen LogP contribution in [0.3, 0.4) is 0 Å². The van der Waals surface area contributed by atoms with Crippen LogP contribution in [0.15, 0.2) is 6.20 Å². The summed E-state index contributed by atoms with van der Waals surface area (Å²) in [5, 5.41) is 0. The Bertz CT molecular complexity index is 409. The smallest absolute Gasteiger partial charge is 0.183 e.